The number of aryl methyl sites for hydroxylation is 5. The van der Waals surface area contributed by atoms with Crippen molar-refractivity contribution < 1.29 is 23.7 Å². The Hall–Kier alpha value is -4.15. The predicted molar refractivity (Wildman–Crippen MR) is 195 cm³/mol. The van der Waals surface area contributed by atoms with Gasteiger partial charge >= 0.3 is 0 Å². The fraction of sp³-hybridized carbons (Fsp3) is 0.571. The minimum atomic E-state index is 0. The number of methoxy groups -OCH3 is 5. The van der Waals surface area contributed by atoms with Crippen molar-refractivity contribution in [2.24, 2.45) is 14.1 Å². The summed E-state index contributed by atoms with van der Waals surface area (Å²) in [6, 6.07) is 9.78. The molecule has 5 rings (SSSR count). The van der Waals surface area contributed by atoms with Crippen molar-refractivity contribution in [3.05, 3.63) is 89.8 Å². The third-order valence-electron chi connectivity index (χ3n) is 6.42. The van der Waals surface area contributed by atoms with E-state index >= 15 is 0 Å². The minimum absolute atomic E-state index is 0. The molecule has 0 aliphatic rings. The second-order valence-electron chi connectivity index (χ2n) is 10.5. The van der Waals surface area contributed by atoms with Crippen LogP contribution in [0.4, 0.5) is 0 Å². The van der Waals surface area contributed by atoms with E-state index < -0.39 is 0 Å². The zero-order valence-electron chi connectivity index (χ0n) is 31.2. The number of hydrogen-bond donors (Lipinski definition) is 0. The standard InChI is InChI=1S/C8H14N2O.2C7H12N2O.2C6H10N2O.CH4/c1-3-5-10-6-4-8(9-10)7-11-2;1-3-9-5-4-7(8-9)6-10-2;1-3-9-7(6-10-2)4-5-8-9;1-8-4-3-6(7-8)5-9-2;1-8-6(5-9-2)3-4-7-8;/h4,6H,3,5,7H2,1-2H3;2*4-5H,3,6H2,1-2H3;2*3-4H,5H2,1-2H3;1H4. The number of aromatic nitrogens is 10. The molecule has 0 N–H and O–H groups in total. The SMILES string of the molecule is C.CCCn1ccc(COC)n1.CCn1ccc(COC)n1.CCn1nccc1COC.COCc1ccn(C)n1.COCc1ccnn1C. The third-order valence-corrected chi connectivity index (χ3v) is 6.42. The van der Waals surface area contributed by atoms with Crippen LogP contribution in [0.2, 0.25) is 0 Å². The van der Waals surface area contributed by atoms with Gasteiger partial charge in [-0.1, -0.05) is 14.4 Å². The summed E-state index contributed by atoms with van der Waals surface area (Å²) in [5, 5.41) is 20.6. The van der Waals surface area contributed by atoms with Crippen LogP contribution in [0, 0.1) is 0 Å². The van der Waals surface area contributed by atoms with E-state index in [0.29, 0.717) is 33.0 Å². The van der Waals surface area contributed by atoms with Gasteiger partial charge in [-0.05, 0) is 50.6 Å². The van der Waals surface area contributed by atoms with Crippen molar-refractivity contribution in [3.8, 4) is 0 Å². The lowest BCUT2D eigenvalue weighted by molar-refractivity contribution is 0.177. The first-order valence-electron chi connectivity index (χ1n) is 16.2. The molecule has 0 aliphatic carbocycles. The molecule has 15 nitrogen and oxygen atoms in total. The Morgan fingerprint density at radius 1 is 0.540 bits per heavy atom. The van der Waals surface area contributed by atoms with E-state index in [1.807, 2.05) is 77.1 Å². The average molecular weight is 703 g/mol. The molecule has 0 fully saturated rings. The van der Waals surface area contributed by atoms with Crippen LogP contribution in [0.1, 0.15) is 63.1 Å². The van der Waals surface area contributed by atoms with Crippen LogP contribution in [0.5, 0.6) is 0 Å². The summed E-state index contributed by atoms with van der Waals surface area (Å²) in [5.41, 5.74) is 5.19. The molecule has 15 heteroatoms. The Morgan fingerprint density at radius 3 is 1.46 bits per heavy atom. The fourth-order valence-corrected chi connectivity index (χ4v) is 4.08. The second-order valence-corrected chi connectivity index (χ2v) is 10.5. The van der Waals surface area contributed by atoms with Gasteiger partial charge in [0.25, 0.3) is 0 Å². The number of nitrogens with zero attached hydrogens (tertiary/aromatic N) is 10. The van der Waals surface area contributed by atoms with Crippen molar-refractivity contribution in [2.75, 3.05) is 35.5 Å². The van der Waals surface area contributed by atoms with Gasteiger partial charge in [0.05, 0.1) is 61.5 Å². The van der Waals surface area contributed by atoms with Crippen LogP contribution >= 0.6 is 0 Å². The van der Waals surface area contributed by atoms with Crippen LogP contribution < -0.4 is 0 Å². The average Bonchev–Trinajstić information content (AvgIpc) is 3.95. The first kappa shape index (κ1) is 45.9. The molecule has 0 saturated carbocycles. The number of hydrogen-bond acceptors (Lipinski definition) is 10. The second kappa shape index (κ2) is 28.7. The maximum absolute atomic E-state index is 4.97. The topological polar surface area (TPSA) is 135 Å². The molecule has 0 saturated heterocycles. The van der Waals surface area contributed by atoms with Crippen molar-refractivity contribution >= 4 is 0 Å². The Kier molecular flexibility index (Phi) is 26.3. The van der Waals surface area contributed by atoms with E-state index in [2.05, 4.69) is 46.3 Å². The fourth-order valence-electron chi connectivity index (χ4n) is 4.08. The normalized spacial score (nSPS) is 9.96. The molecule has 0 unspecified atom stereocenters. The summed E-state index contributed by atoms with van der Waals surface area (Å²) in [4.78, 5) is 0. The first-order chi connectivity index (χ1) is 23.8. The zero-order chi connectivity index (χ0) is 36.3. The summed E-state index contributed by atoms with van der Waals surface area (Å²) in [5.74, 6) is 0. The highest BCUT2D eigenvalue weighted by molar-refractivity contribution is 4.99. The van der Waals surface area contributed by atoms with Crippen molar-refractivity contribution in [1.82, 2.24) is 48.9 Å². The van der Waals surface area contributed by atoms with Crippen molar-refractivity contribution in [1.29, 1.82) is 0 Å². The van der Waals surface area contributed by atoms with Crippen LogP contribution in [0.25, 0.3) is 0 Å². The Labute approximate surface area is 299 Å². The molecule has 0 radical (unpaired) electrons. The smallest absolute Gasteiger partial charge is 0.0902 e. The molecule has 0 aliphatic heterocycles. The van der Waals surface area contributed by atoms with E-state index in [4.69, 9.17) is 23.7 Å². The van der Waals surface area contributed by atoms with Gasteiger partial charge in [-0.2, -0.15) is 25.5 Å². The Bertz CT molecular complexity index is 1450. The van der Waals surface area contributed by atoms with Gasteiger partial charge in [0.1, 0.15) is 0 Å². The van der Waals surface area contributed by atoms with Crippen molar-refractivity contribution in [3.63, 3.8) is 0 Å². The molecular weight excluding hydrogens is 640 g/mol. The Morgan fingerprint density at radius 2 is 1.02 bits per heavy atom. The van der Waals surface area contributed by atoms with Gasteiger partial charge in [0, 0.05) is 100 Å². The highest BCUT2D eigenvalue weighted by Gasteiger charge is 1.98. The van der Waals surface area contributed by atoms with Crippen LogP contribution in [-0.4, -0.2) is 84.5 Å². The predicted octanol–water partition coefficient (Wildman–Crippen LogP) is 5.31. The van der Waals surface area contributed by atoms with E-state index in [0.717, 1.165) is 54.5 Å². The number of rotatable bonds is 14. The molecule has 0 amide bonds. The molecule has 5 aromatic rings. The minimum Gasteiger partial charge on any atom is -0.378 e. The quantitative estimate of drug-likeness (QED) is 0.150. The summed E-state index contributed by atoms with van der Waals surface area (Å²) in [7, 11) is 12.2. The molecule has 282 valence electrons. The maximum atomic E-state index is 4.97. The van der Waals surface area contributed by atoms with Gasteiger partial charge in [-0.25, -0.2) is 0 Å². The van der Waals surface area contributed by atoms with E-state index in [1.54, 1.807) is 57.3 Å². The lowest BCUT2D eigenvalue weighted by Gasteiger charge is -2.01. The molecule has 5 aromatic heterocycles. The monoisotopic (exact) mass is 702 g/mol. The lowest BCUT2D eigenvalue weighted by Crippen LogP contribution is -2.02. The van der Waals surface area contributed by atoms with Gasteiger partial charge < -0.3 is 23.7 Å². The molecule has 0 atom stereocenters. The van der Waals surface area contributed by atoms with Gasteiger partial charge in [0.15, 0.2) is 0 Å². The molecule has 0 bridgehead atoms. The molecular formula is C35H62N10O5. The van der Waals surface area contributed by atoms with Gasteiger partial charge in [-0.3, -0.25) is 23.4 Å². The zero-order valence-corrected chi connectivity index (χ0v) is 31.2. The maximum Gasteiger partial charge on any atom is 0.0902 e. The van der Waals surface area contributed by atoms with E-state index in [-0.39, 0.29) is 7.43 Å². The number of ether oxygens (including phenoxy) is 5. The molecule has 50 heavy (non-hydrogen) atoms. The van der Waals surface area contributed by atoms with Gasteiger partial charge in [0.2, 0.25) is 0 Å². The van der Waals surface area contributed by atoms with Crippen molar-refractivity contribution in [2.45, 2.75) is 87.3 Å². The first-order valence-corrected chi connectivity index (χ1v) is 16.2. The highest BCUT2D eigenvalue weighted by atomic mass is 16.5. The third kappa shape index (κ3) is 19.1. The van der Waals surface area contributed by atoms with Crippen LogP contribution in [-0.2, 0) is 90.4 Å². The summed E-state index contributed by atoms with van der Waals surface area (Å²) in [6.07, 6.45) is 10.5. The van der Waals surface area contributed by atoms with Gasteiger partial charge in [-0.15, -0.1) is 0 Å². The van der Waals surface area contributed by atoms with E-state index in [9.17, 15) is 0 Å². The van der Waals surface area contributed by atoms with Crippen LogP contribution in [0.15, 0.2) is 61.3 Å². The van der Waals surface area contributed by atoms with Crippen LogP contribution in [0.3, 0.4) is 0 Å². The summed E-state index contributed by atoms with van der Waals surface area (Å²) < 4.78 is 33.9. The molecule has 0 spiro atoms. The molecule has 0 aromatic carbocycles. The van der Waals surface area contributed by atoms with E-state index in [1.165, 1.54) is 0 Å². The Balaban J connectivity index is 0.000000598. The molecule has 5 heterocycles. The largest absolute Gasteiger partial charge is 0.378 e. The summed E-state index contributed by atoms with van der Waals surface area (Å²) >= 11 is 0. The lowest BCUT2D eigenvalue weighted by atomic mass is 10.4. The highest BCUT2D eigenvalue weighted by Crippen LogP contribution is 2.00. The summed E-state index contributed by atoms with van der Waals surface area (Å²) in [6.45, 7) is 12.2.